The van der Waals surface area contributed by atoms with Crippen LogP contribution in [0.25, 0.3) is 22.3 Å². The van der Waals surface area contributed by atoms with Crippen LogP contribution < -0.4 is 9.47 Å². The highest BCUT2D eigenvalue weighted by atomic mass is 16.5. The van der Waals surface area contributed by atoms with Crippen LogP contribution in [0.2, 0.25) is 0 Å². The summed E-state index contributed by atoms with van der Waals surface area (Å²) < 4.78 is 10.8. The Hall–Kier alpha value is -4.96. The second-order valence-electron chi connectivity index (χ2n) is 14.0. The van der Waals surface area contributed by atoms with Crippen LogP contribution in [0.3, 0.4) is 0 Å². The van der Waals surface area contributed by atoms with Gasteiger partial charge in [-0.1, -0.05) is 120 Å². The summed E-state index contributed by atoms with van der Waals surface area (Å²) in [5.74, 6) is 6.30. The molecule has 0 radical (unpaired) electrons. The van der Waals surface area contributed by atoms with Crippen molar-refractivity contribution >= 4 is 11.9 Å². The van der Waals surface area contributed by atoms with E-state index < -0.39 is 24.5 Å². The average Bonchev–Trinajstić information content (AvgIpc) is 3.20. The van der Waals surface area contributed by atoms with E-state index in [2.05, 4.69) is 68.7 Å². The predicted octanol–water partition coefficient (Wildman–Crippen LogP) is 10.4. The molecule has 6 heteroatoms. The average molecular weight is 729 g/mol. The molecule has 0 heterocycles. The SMILES string of the molecule is C=C(CO)C(=O)Oc1ccc(-c2ccc(C#Cc3ccc(-c4ccc(OC(=O)C(C)CO)cc4)cc3CCCCCCC)c(CCCCCCC)c2)cc1. The number of carbonyl (C=O) groups is 2. The molecule has 0 aliphatic carbocycles. The lowest BCUT2D eigenvalue weighted by Crippen LogP contribution is -2.20. The molecular formula is C48H56O6. The number of aliphatic hydroxyl groups excluding tert-OH is 2. The summed E-state index contributed by atoms with van der Waals surface area (Å²) in [4.78, 5) is 24.2. The van der Waals surface area contributed by atoms with E-state index in [0.29, 0.717) is 11.5 Å². The normalized spacial score (nSPS) is 11.4. The van der Waals surface area contributed by atoms with Crippen LogP contribution in [0.15, 0.2) is 97.1 Å². The molecule has 54 heavy (non-hydrogen) atoms. The van der Waals surface area contributed by atoms with Crippen molar-refractivity contribution in [3.8, 4) is 45.6 Å². The molecule has 1 atom stereocenters. The molecule has 4 rings (SSSR count). The van der Waals surface area contributed by atoms with Gasteiger partial charge in [0.05, 0.1) is 24.7 Å². The molecule has 0 bridgehead atoms. The van der Waals surface area contributed by atoms with Crippen molar-refractivity contribution in [2.24, 2.45) is 5.92 Å². The maximum absolute atomic E-state index is 12.2. The molecule has 4 aromatic carbocycles. The molecule has 284 valence electrons. The van der Waals surface area contributed by atoms with Crippen LogP contribution in [0.5, 0.6) is 11.5 Å². The van der Waals surface area contributed by atoms with Gasteiger partial charge in [-0.05, 0) is 115 Å². The van der Waals surface area contributed by atoms with Crippen molar-refractivity contribution in [2.45, 2.75) is 97.8 Å². The van der Waals surface area contributed by atoms with Crippen molar-refractivity contribution in [1.82, 2.24) is 0 Å². The zero-order valence-corrected chi connectivity index (χ0v) is 32.3. The first-order valence-corrected chi connectivity index (χ1v) is 19.6. The first kappa shape index (κ1) is 41.8. The van der Waals surface area contributed by atoms with E-state index in [0.717, 1.165) is 59.1 Å². The predicted molar refractivity (Wildman–Crippen MR) is 218 cm³/mol. The van der Waals surface area contributed by atoms with Crippen LogP contribution in [0.4, 0.5) is 0 Å². The number of aliphatic hydroxyl groups is 2. The Balaban J connectivity index is 1.61. The van der Waals surface area contributed by atoms with Crippen LogP contribution in [-0.2, 0) is 22.4 Å². The molecule has 0 saturated carbocycles. The highest BCUT2D eigenvalue weighted by molar-refractivity contribution is 5.89. The third-order valence-corrected chi connectivity index (χ3v) is 9.60. The third-order valence-electron chi connectivity index (χ3n) is 9.60. The number of carbonyl (C=O) groups excluding carboxylic acids is 2. The van der Waals surface area contributed by atoms with Gasteiger partial charge in [-0.3, -0.25) is 4.79 Å². The molecule has 0 amide bonds. The van der Waals surface area contributed by atoms with Crippen LogP contribution >= 0.6 is 0 Å². The Labute approximate surface area is 322 Å². The fourth-order valence-corrected chi connectivity index (χ4v) is 6.14. The Morgan fingerprint density at radius 2 is 1.04 bits per heavy atom. The number of hydrogen-bond acceptors (Lipinski definition) is 6. The van der Waals surface area contributed by atoms with Gasteiger partial charge in [0.25, 0.3) is 0 Å². The van der Waals surface area contributed by atoms with Crippen LogP contribution in [-0.4, -0.2) is 35.4 Å². The van der Waals surface area contributed by atoms with Gasteiger partial charge in [0.2, 0.25) is 0 Å². The maximum Gasteiger partial charge on any atom is 0.341 e. The van der Waals surface area contributed by atoms with E-state index in [1.165, 1.54) is 62.5 Å². The molecule has 0 saturated heterocycles. The lowest BCUT2D eigenvalue weighted by Gasteiger charge is -2.12. The fourth-order valence-electron chi connectivity index (χ4n) is 6.14. The first-order chi connectivity index (χ1) is 26.3. The second-order valence-corrected chi connectivity index (χ2v) is 14.0. The minimum absolute atomic E-state index is 0.00993. The quantitative estimate of drug-likeness (QED) is 0.0309. The zero-order valence-electron chi connectivity index (χ0n) is 32.3. The lowest BCUT2D eigenvalue weighted by molar-refractivity contribution is -0.139. The first-order valence-electron chi connectivity index (χ1n) is 19.6. The van der Waals surface area contributed by atoms with Gasteiger partial charge in [-0.15, -0.1) is 0 Å². The molecule has 2 N–H and O–H groups in total. The minimum Gasteiger partial charge on any atom is -0.426 e. The highest BCUT2D eigenvalue weighted by Crippen LogP contribution is 2.28. The second kappa shape index (κ2) is 22.3. The van der Waals surface area contributed by atoms with E-state index >= 15 is 0 Å². The summed E-state index contributed by atoms with van der Waals surface area (Å²) in [6, 6.07) is 27.8. The standard InChI is InChI=1S/C48H56O6/c1-5-7-9-11-13-15-41-31-43(39-23-27-45(28-24-39)53-47(51)35(3)33-49)21-19-37(41)17-18-38-20-22-44(32-42(38)16-14-12-10-8-6-2)40-25-29-46(30-26-40)54-48(52)36(4)34-50/h19-32,36,49-50H,3,5-16,33-34H2,1-2,4H3. The van der Waals surface area contributed by atoms with Crippen molar-refractivity contribution in [3.63, 3.8) is 0 Å². The Morgan fingerprint density at radius 3 is 1.46 bits per heavy atom. The van der Waals surface area contributed by atoms with Gasteiger partial charge < -0.3 is 19.7 Å². The number of benzene rings is 4. The molecule has 4 aromatic rings. The molecule has 0 spiro atoms. The summed E-state index contributed by atoms with van der Waals surface area (Å²) in [6.45, 7) is 8.94. The monoisotopic (exact) mass is 728 g/mol. The lowest BCUT2D eigenvalue weighted by atomic mass is 9.94. The summed E-state index contributed by atoms with van der Waals surface area (Å²) in [5.41, 5.74) is 8.71. The van der Waals surface area contributed by atoms with Crippen LogP contribution in [0.1, 0.15) is 107 Å². The van der Waals surface area contributed by atoms with Crippen LogP contribution in [0, 0.1) is 17.8 Å². The molecule has 0 aliphatic rings. The number of rotatable bonds is 20. The summed E-state index contributed by atoms with van der Waals surface area (Å²) in [5, 5.41) is 18.5. The number of aryl methyl sites for hydroxylation is 2. The van der Waals surface area contributed by atoms with Crippen molar-refractivity contribution in [2.75, 3.05) is 13.2 Å². The van der Waals surface area contributed by atoms with E-state index in [4.69, 9.17) is 9.47 Å². The summed E-state index contributed by atoms with van der Waals surface area (Å²) in [6.07, 6.45) is 13.8. The van der Waals surface area contributed by atoms with Crippen molar-refractivity contribution in [1.29, 1.82) is 0 Å². The zero-order chi connectivity index (χ0) is 38.7. The van der Waals surface area contributed by atoms with Gasteiger partial charge in [0, 0.05) is 11.1 Å². The largest absolute Gasteiger partial charge is 0.426 e. The number of unbranched alkanes of at least 4 members (excludes halogenated alkanes) is 8. The Kier molecular flexibility index (Phi) is 17.3. The molecular weight excluding hydrogens is 673 g/mol. The van der Waals surface area contributed by atoms with E-state index in [1.807, 2.05) is 24.3 Å². The van der Waals surface area contributed by atoms with Gasteiger partial charge in [-0.25, -0.2) is 4.79 Å². The van der Waals surface area contributed by atoms with Gasteiger partial charge >= 0.3 is 11.9 Å². The Bertz CT molecular complexity index is 1880. The summed E-state index contributed by atoms with van der Waals surface area (Å²) >= 11 is 0. The Morgan fingerprint density at radius 1 is 0.611 bits per heavy atom. The van der Waals surface area contributed by atoms with Gasteiger partial charge in [-0.2, -0.15) is 0 Å². The highest BCUT2D eigenvalue weighted by Gasteiger charge is 2.15. The fraction of sp³-hybridized carbons (Fsp3) is 0.375. The van der Waals surface area contributed by atoms with E-state index in [9.17, 15) is 19.8 Å². The van der Waals surface area contributed by atoms with E-state index in [-0.39, 0.29) is 12.2 Å². The smallest absolute Gasteiger partial charge is 0.341 e. The van der Waals surface area contributed by atoms with Gasteiger partial charge in [0.15, 0.2) is 0 Å². The number of esters is 2. The summed E-state index contributed by atoms with van der Waals surface area (Å²) in [7, 11) is 0. The molecule has 1 unspecified atom stereocenters. The third kappa shape index (κ3) is 12.9. The maximum atomic E-state index is 12.2. The molecule has 6 nitrogen and oxygen atoms in total. The van der Waals surface area contributed by atoms with Gasteiger partial charge in [0.1, 0.15) is 11.5 Å². The number of hydrogen-bond donors (Lipinski definition) is 2. The molecule has 0 aliphatic heterocycles. The number of ether oxygens (including phenoxy) is 2. The minimum atomic E-state index is -0.642. The van der Waals surface area contributed by atoms with E-state index in [1.54, 1.807) is 31.2 Å². The topological polar surface area (TPSA) is 93.1 Å². The van der Waals surface area contributed by atoms with Crippen molar-refractivity contribution in [3.05, 3.63) is 119 Å². The molecule has 0 fully saturated rings. The van der Waals surface area contributed by atoms with Crippen molar-refractivity contribution < 1.29 is 29.3 Å². The molecule has 0 aromatic heterocycles.